The van der Waals surface area contributed by atoms with Gasteiger partial charge in [0.2, 0.25) is 0 Å². The van der Waals surface area contributed by atoms with E-state index in [1.54, 1.807) is 25.3 Å². The predicted octanol–water partition coefficient (Wildman–Crippen LogP) is 1.51. The zero-order valence-corrected chi connectivity index (χ0v) is 9.86. The van der Waals surface area contributed by atoms with E-state index >= 15 is 0 Å². The number of nitrogens with zero attached hydrogens (tertiary/aromatic N) is 2. The molecule has 0 unspecified atom stereocenters. The second kappa shape index (κ2) is 5.99. The molecule has 86 valence electrons. The number of likely N-dealkylation sites (N-methyl/N-ethyl adjacent to an activating group) is 1. The van der Waals surface area contributed by atoms with Crippen LogP contribution in [0.4, 0.5) is 0 Å². The van der Waals surface area contributed by atoms with Crippen molar-refractivity contribution in [2.24, 2.45) is 0 Å². The van der Waals surface area contributed by atoms with Gasteiger partial charge >= 0.3 is 0 Å². The molecule has 0 aliphatic heterocycles. The zero-order chi connectivity index (χ0) is 12.0. The second-order valence-corrected chi connectivity index (χ2v) is 3.66. The summed E-state index contributed by atoms with van der Waals surface area (Å²) >= 11 is 0. The van der Waals surface area contributed by atoms with Crippen molar-refractivity contribution >= 4 is 0 Å². The summed E-state index contributed by atoms with van der Waals surface area (Å²) < 4.78 is 10.6. The number of nitriles is 1. The summed E-state index contributed by atoms with van der Waals surface area (Å²) in [6.07, 6.45) is 0. The highest BCUT2D eigenvalue weighted by atomic mass is 16.5. The van der Waals surface area contributed by atoms with E-state index in [1.807, 2.05) is 19.0 Å². The molecular formula is C12H16N2O2. The van der Waals surface area contributed by atoms with Crippen molar-refractivity contribution < 1.29 is 9.47 Å². The van der Waals surface area contributed by atoms with Crippen LogP contribution < -0.4 is 9.47 Å². The first-order valence-corrected chi connectivity index (χ1v) is 5.02. The molecule has 0 saturated heterocycles. The van der Waals surface area contributed by atoms with E-state index in [-0.39, 0.29) is 0 Å². The molecule has 1 aromatic rings. The minimum Gasteiger partial charge on any atom is -0.497 e. The van der Waals surface area contributed by atoms with E-state index < -0.39 is 0 Å². The summed E-state index contributed by atoms with van der Waals surface area (Å²) in [6.45, 7) is 1.42. The van der Waals surface area contributed by atoms with Crippen LogP contribution in [-0.4, -0.2) is 39.3 Å². The molecule has 0 heterocycles. The maximum Gasteiger partial charge on any atom is 0.124 e. The molecule has 1 aromatic carbocycles. The lowest BCUT2D eigenvalue weighted by atomic mass is 10.2. The Hall–Kier alpha value is -1.73. The summed E-state index contributed by atoms with van der Waals surface area (Å²) in [7, 11) is 5.53. The van der Waals surface area contributed by atoms with Gasteiger partial charge in [-0.15, -0.1) is 0 Å². The van der Waals surface area contributed by atoms with Crippen LogP contribution in [0.15, 0.2) is 18.2 Å². The summed E-state index contributed by atoms with van der Waals surface area (Å²) in [5.74, 6) is 1.30. The van der Waals surface area contributed by atoms with E-state index in [9.17, 15) is 0 Å². The molecule has 4 nitrogen and oxygen atoms in total. The standard InChI is InChI=1S/C12H16N2O2/c1-14(2)4-5-16-12-7-10(9-13)6-11(8-12)15-3/h6-8H,4-5H2,1-3H3. The highest BCUT2D eigenvalue weighted by molar-refractivity contribution is 5.43. The lowest BCUT2D eigenvalue weighted by Crippen LogP contribution is -2.19. The van der Waals surface area contributed by atoms with Crippen LogP contribution in [0, 0.1) is 11.3 Å². The third kappa shape index (κ3) is 3.79. The van der Waals surface area contributed by atoms with Gasteiger partial charge in [-0.05, 0) is 26.2 Å². The Balaban J connectivity index is 2.68. The fraction of sp³-hybridized carbons (Fsp3) is 0.417. The average molecular weight is 220 g/mol. The minimum absolute atomic E-state index is 0.541. The molecule has 0 aliphatic carbocycles. The zero-order valence-electron chi connectivity index (χ0n) is 9.86. The van der Waals surface area contributed by atoms with Gasteiger partial charge in [-0.1, -0.05) is 0 Å². The average Bonchev–Trinajstić information content (AvgIpc) is 2.28. The third-order valence-electron chi connectivity index (χ3n) is 2.05. The Morgan fingerprint density at radius 3 is 2.50 bits per heavy atom. The van der Waals surface area contributed by atoms with Gasteiger partial charge in [-0.25, -0.2) is 0 Å². The van der Waals surface area contributed by atoms with Gasteiger partial charge in [0, 0.05) is 12.6 Å². The molecule has 0 aromatic heterocycles. The number of ether oxygens (including phenoxy) is 2. The number of rotatable bonds is 5. The summed E-state index contributed by atoms with van der Waals surface area (Å²) in [5, 5.41) is 8.83. The third-order valence-corrected chi connectivity index (χ3v) is 2.05. The lowest BCUT2D eigenvalue weighted by Gasteiger charge is -2.11. The predicted molar refractivity (Wildman–Crippen MR) is 61.8 cm³/mol. The molecule has 0 fully saturated rings. The van der Waals surface area contributed by atoms with Crippen molar-refractivity contribution in [1.29, 1.82) is 5.26 Å². The van der Waals surface area contributed by atoms with E-state index in [2.05, 4.69) is 6.07 Å². The number of benzene rings is 1. The van der Waals surface area contributed by atoms with Crippen molar-refractivity contribution in [3.8, 4) is 17.6 Å². The number of methoxy groups -OCH3 is 1. The summed E-state index contributed by atoms with van der Waals surface area (Å²) in [5.41, 5.74) is 0.541. The Morgan fingerprint density at radius 2 is 1.94 bits per heavy atom. The monoisotopic (exact) mass is 220 g/mol. The Kier molecular flexibility index (Phi) is 4.62. The largest absolute Gasteiger partial charge is 0.497 e. The van der Waals surface area contributed by atoms with Crippen LogP contribution in [0.25, 0.3) is 0 Å². The van der Waals surface area contributed by atoms with Crippen molar-refractivity contribution in [2.45, 2.75) is 0 Å². The van der Waals surface area contributed by atoms with E-state index in [0.717, 1.165) is 6.54 Å². The van der Waals surface area contributed by atoms with Crippen molar-refractivity contribution in [2.75, 3.05) is 34.4 Å². The van der Waals surface area contributed by atoms with E-state index in [0.29, 0.717) is 23.7 Å². The molecule has 0 atom stereocenters. The number of hydrogen-bond donors (Lipinski definition) is 0. The molecule has 0 N–H and O–H groups in total. The summed E-state index contributed by atoms with van der Waals surface area (Å²) in [4.78, 5) is 2.03. The molecule has 16 heavy (non-hydrogen) atoms. The van der Waals surface area contributed by atoms with Crippen LogP contribution in [-0.2, 0) is 0 Å². The van der Waals surface area contributed by atoms with Crippen LogP contribution >= 0.6 is 0 Å². The molecule has 0 bridgehead atoms. The molecule has 0 spiro atoms. The lowest BCUT2D eigenvalue weighted by molar-refractivity contribution is 0.260. The van der Waals surface area contributed by atoms with Crippen LogP contribution in [0.3, 0.4) is 0 Å². The van der Waals surface area contributed by atoms with Crippen molar-refractivity contribution in [3.63, 3.8) is 0 Å². The van der Waals surface area contributed by atoms with E-state index in [4.69, 9.17) is 14.7 Å². The molecule has 0 aliphatic rings. The molecule has 0 amide bonds. The molecule has 0 saturated carbocycles. The SMILES string of the molecule is COc1cc(C#N)cc(OCCN(C)C)c1. The first kappa shape index (κ1) is 12.3. The van der Waals surface area contributed by atoms with Crippen LogP contribution in [0.2, 0.25) is 0 Å². The highest BCUT2D eigenvalue weighted by Gasteiger charge is 2.02. The van der Waals surface area contributed by atoms with Gasteiger partial charge in [0.05, 0.1) is 18.7 Å². The quantitative estimate of drug-likeness (QED) is 0.754. The topological polar surface area (TPSA) is 45.5 Å². The smallest absolute Gasteiger partial charge is 0.124 e. The van der Waals surface area contributed by atoms with Gasteiger partial charge in [-0.3, -0.25) is 0 Å². The van der Waals surface area contributed by atoms with Gasteiger partial charge in [-0.2, -0.15) is 5.26 Å². The summed E-state index contributed by atoms with van der Waals surface area (Å²) in [6, 6.07) is 7.23. The molecular weight excluding hydrogens is 204 g/mol. The van der Waals surface area contributed by atoms with Gasteiger partial charge in [0.15, 0.2) is 0 Å². The maximum absolute atomic E-state index is 8.83. The van der Waals surface area contributed by atoms with Crippen molar-refractivity contribution in [1.82, 2.24) is 4.90 Å². The molecule has 1 rings (SSSR count). The Labute approximate surface area is 96.0 Å². The first-order valence-electron chi connectivity index (χ1n) is 5.02. The Bertz CT molecular complexity index is 383. The highest BCUT2D eigenvalue weighted by Crippen LogP contribution is 2.22. The van der Waals surface area contributed by atoms with Crippen LogP contribution in [0.5, 0.6) is 11.5 Å². The number of hydrogen-bond acceptors (Lipinski definition) is 4. The van der Waals surface area contributed by atoms with Gasteiger partial charge in [0.25, 0.3) is 0 Å². The van der Waals surface area contributed by atoms with Crippen molar-refractivity contribution in [3.05, 3.63) is 23.8 Å². The van der Waals surface area contributed by atoms with E-state index in [1.165, 1.54) is 0 Å². The second-order valence-electron chi connectivity index (χ2n) is 3.66. The maximum atomic E-state index is 8.83. The Morgan fingerprint density at radius 1 is 1.25 bits per heavy atom. The van der Waals surface area contributed by atoms with Gasteiger partial charge < -0.3 is 14.4 Å². The molecule has 0 radical (unpaired) electrons. The first-order chi connectivity index (χ1) is 7.65. The fourth-order valence-electron chi connectivity index (χ4n) is 1.18. The minimum atomic E-state index is 0.541. The normalized spacial score (nSPS) is 9.94. The molecule has 4 heteroatoms. The van der Waals surface area contributed by atoms with Crippen LogP contribution in [0.1, 0.15) is 5.56 Å². The van der Waals surface area contributed by atoms with Gasteiger partial charge in [0.1, 0.15) is 18.1 Å². The fourth-order valence-corrected chi connectivity index (χ4v) is 1.18.